The molecule has 0 fully saturated rings. The van der Waals surface area contributed by atoms with Crippen LogP contribution < -0.4 is 5.32 Å². The molecule has 1 aromatic carbocycles. The third kappa shape index (κ3) is 2.99. The van der Waals surface area contributed by atoms with E-state index in [1.54, 1.807) is 6.07 Å². The van der Waals surface area contributed by atoms with Crippen LogP contribution in [0.2, 0.25) is 0 Å². The van der Waals surface area contributed by atoms with Crippen LogP contribution in [0.3, 0.4) is 0 Å². The summed E-state index contributed by atoms with van der Waals surface area (Å²) in [6.07, 6.45) is 0. The van der Waals surface area contributed by atoms with Gasteiger partial charge in [-0.3, -0.25) is 0 Å². The number of aromatic hydroxyl groups is 1. The second kappa shape index (κ2) is 5.93. The lowest BCUT2D eigenvalue weighted by Crippen LogP contribution is -2.13. The molecule has 102 valence electrons. The second-order valence-electron chi connectivity index (χ2n) is 4.87. The lowest BCUT2D eigenvalue weighted by Gasteiger charge is -2.08. The smallest absolute Gasteiger partial charge is 0.120 e. The van der Waals surface area contributed by atoms with Crippen molar-refractivity contribution >= 4 is 0 Å². The van der Waals surface area contributed by atoms with Crippen LogP contribution in [0.1, 0.15) is 29.4 Å². The summed E-state index contributed by atoms with van der Waals surface area (Å²) < 4.78 is 2.32. The quantitative estimate of drug-likeness (QED) is 0.864. The minimum absolute atomic E-state index is 0.356. The molecule has 0 bridgehead atoms. The first-order chi connectivity index (χ1) is 9.13. The van der Waals surface area contributed by atoms with Crippen molar-refractivity contribution in [2.75, 3.05) is 0 Å². The number of hydrogen-bond donors (Lipinski definition) is 2. The molecule has 0 aliphatic heterocycles. The minimum Gasteiger partial charge on any atom is -0.508 e. The molecule has 3 heteroatoms. The second-order valence-corrected chi connectivity index (χ2v) is 4.87. The standard InChI is InChI=1S/C16H22N2O/c1-4-18-12(2)9-15(13(18)3)11-17-10-14-7-5-6-8-16(14)19/h5-9,17,19H,4,10-11H2,1-3H3. The Hall–Kier alpha value is -1.74. The van der Waals surface area contributed by atoms with Gasteiger partial charge in [0.15, 0.2) is 0 Å². The topological polar surface area (TPSA) is 37.2 Å². The van der Waals surface area contributed by atoms with Crippen LogP contribution in [0.5, 0.6) is 5.75 Å². The Balaban J connectivity index is 1.98. The summed E-state index contributed by atoms with van der Waals surface area (Å²) in [5.74, 6) is 0.356. The van der Waals surface area contributed by atoms with E-state index >= 15 is 0 Å². The van der Waals surface area contributed by atoms with E-state index in [2.05, 4.69) is 36.7 Å². The predicted octanol–water partition coefficient (Wildman–Crippen LogP) is 3.12. The number of rotatable bonds is 5. The van der Waals surface area contributed by atoms with Gasteiger partial charge in [-0.15, -0.1) is 0 Å². The molecule has 3 nitrogen and oxygen atoms in total. The Morgan fingerprint density at radius 1 is 1.11 bits per heavy atom. The fourth-order valence-corrected chi connectivity index (χ4v) is 2.53. The third-order valence-electron chi connectivity index (χ3n) is 3.62. The summed E-state index contributed by atoms with van der Waals surface area (Å²) in [5, 5.41) is 13.1. The molecule has 0 saturated carbocycles. The fourth-order valence-electron chi connectivity index (χ4n) is 2.53. The van der Waals surface area contributed by atoms with E-state index in [4.69, 9.17) is 0 Å². The Bertz CT molecular complexity index is 558. The minimum atomic E-state index is 0.356. The Kier molecular flexibility index (Phi) is 4.27. The average molecular weight is 258 g/mol. The van der Waals surface area contributed by atoms with Crippen molar-refractivity contribution in [2.45, 2.75) is 40.4 Å². The summed E-state index contributed by atoms with van der Waals surface area (Å²) in [4.78, 5) is 0. The zero-order chi connectivity index (χ0) is 13.8. The van der Waals surface area contributed by atoms with Crippen LogP contribution in [-0.2, 0) is 19.6 Å². The molecular formula is C16H22N2O. The van der Waals surface area contributed by atoms with Crippen LogP contribution in [0.4, 0.5) is 0 Å². The Morgan fingerprint density at radius 2 is 1.79 bits per heavy atom. The van der Waals surface area contributed by atoms with E-state index in [9.17, 15) is 5.11 Å². The van der Waals surface area contributed by atoms with Gasteiger partial charge in [0.1, 0.15) is 5.75 Å². The van der Waals surface area contributed by atoms with E-state index in [0.29, 0.717) is 12.3 Å². The first-order valence-corrected chi connectivity index (χ1v) is 6.76. The van der Waals surface area contributed by atoms with Crippen LogP contribution >= 0.6 is 0 Å². The monoisotopic (exact) mass is 258 g/mol. The van der Waals surface area contributed by atoms with Crippen molar-refractivity contribution in [3.05, 3.63) is 52.8 Å². The predicted molar refractivity (Wildman–Crippen MR) is 78.2 cm³/mol. The molecule has 19 heavy (non-hydrogen) atoms. The molecule has 2 rings (SSSR count). The van der Waals surface area contributed by atoms with E-state index < -0.39 is 0 Å². The number of aromatic nitrogens is 1. The van der Waals surface area contributed by atoms with E-state index in [-0.39, 0.29) is 0 Å². The van der Waals surface area contributed by atoms with E-state index in [1.165, 1.54) is 17.0 Å². The van der Waals surface area contributed by atoms with Gasteiger partial charge in [0.2, 0.25) is 0 Å². The molecule has 0 amide bonds. The number of phenols is 1. The molecule has 0 radical (unpaired) electrons. The van der Waals surface area contributed by atoms with Crippen molar-refractivity contribution in [3.8, 4) is 5.75 Å². The van der Waals surface area contributed by atoms with Gasteiger partial charge in [-0.25, -0.2) is 0 Å². The summed E-state index contributed by atoms with van der Waals surface area (Å²) in [5.41, 5.74) is 4.89. The van der Waals surface area contributed by atoms with Gasteiger partial charge in [-0.2, -0.15) is 0 Å². The molecule has 2 aromatic rings. The highest BCUT2D eigenvalue weighted by molar-refractivity contribution is 5.32. The van der Waals surface area contributed by atoms with Crippen LogP contribution in [0, 0.1) is 13.8 Å². The molecule has 2 N–H and O–H groups in total. The van der Waals surface area contributed by atoms with E-state index in [0.717, 1.165) is 18.7 Å². The first-order valence-electron chi connectivity index (χ1n) is 6.76. The van der Waals surface area contributed by atoms with Crippen LogP contribution in [-0.4, -0.2) is 9.67 Å². The highest BCUT2D eigenvalue weighted by Crippen LogP contribution is 2.17. The van der Waals surface area contributed by atoms with Crippen molar-refractivity contribution in [3.63, 3.8) is 0 Å². The molecule has 0 unspecified atom stereocenters. The molecule has 0 aliphatic carbocycles. The van der Waals surface area contributed by atoms with Gasteiger partial charge in [0.25, 0.3) is 0 Å². The molecule has 1 aromatic heterocycles. The third-order valence-corrected chi connectivity index (χ3v) is 3.62. The molecular weight excluding hydrogens is 236 g/mol. The highest BCUT2D eigenvalue weighted by atomic mass is 16.3. The van der Waals surface area contributed by atoms with Crippen molar-refractivity contribution in [2.24, 2.45) is 0 Å². The largest absolute Gasteiger partial charge is 0.508 e. The molecule has 0 atom stereocenters. The van der Waals surface area contributed by atoms with Crippen LogP contribution in [0.15, 0.2) is 30.3 Å². The zero-order valence-electron chi connectivity index (χ0n) is 11.9. The molecule has 0 saturated heterocycles. The SMILES string of the molecule is CCn1c(C)cc(CNCc2ccccc2O)c1C. The maximum atomic E-state index is 9.70. The van der Waals surface area contributed by atoms with Gasteiger partial charge in [-0.1, -0.05) is 18.2 Å². The highest BCUT2D eigenvalue weighted by Gasteiger charge is 2.07. The molecule has 0 spiro atoms. The average Bonchev–Trinajstić information content (AvgIpc) is 2.66. The van der Waals surface area contributed by atoms with Crippen molar-refractivity contribution in [1.82, 2.24) is 9.88 Å². The summed E-state index contributed by atoms with van der Waals surface area (Å²) in [7, 11) is 0. The van der Waals surface area contributed by atoms with Crippen LogP contribution in [0.25, 0.3) is 0 Å². The molecule has 0 aliphatic rings. The number of hydrogen-bond acceptors (Lipinski definition) is 2. The first kappa shape index (κ1) is 13.7. The number of nitrogens with one attached hydrogen (secondary N) is 1. The van der Waals surface area contributed by atoms with Gasteiger partial charge in [0.05, 0.1) is 0 Å². The van der Waals surface area contributed by atoms with E-state index in [1.807, 2.05) is 18.2 Å². The fraction of sp³-hybridized carbons (Fsp3) is 0.375. The van der Waals surface area contributed by atoms with Gasteiger partial charge >= 0.3 is 0 Å². The number of nitrogens with zero attached hydrogens (tertiary/aromatic N) is 1. The lowest BCUT2D eigenvalue weighted by atomic mass is 10.2. The normalized spacial score (nSPS) is 10.9. The Labute approximate surface area is 114 Å². The molecule has 1 heterocycles. The summed E-state index contributed by atoms with van der Waals surface area (Å²) in [6.45, 7) is 8.99. The Morgan fingerprint density at radius 3 is 2.42 bits per heavy atom. The van der Waals surface area contributed by atoms with Gasteiger partial charge in [0, 0.05) is 36.6 Å². The summed E-state index contributed by atoms with van der Waals surface area (Å²) in [6, 6.07) is 9.68. The van der Waals surface area contributed by atoms with Gasteiger partial charge in [-0.05, 0) is 38.5 Å². The maximum absolute atomic E-state index is 9.70. The summed E-state index contributed by atoms with van der Waals surface area (Å²) >= 11 is 0. The van der Waals surface area contributed by atoms with Crippen molar-refractivity contribution < 1.29 is 5.11 Å². The number of benzene rings is 1. The number of para-hydroxylation sites is 1. The lowest BCUT2D eigenvalue weighted by molar-refractivity contribution is 0.464. The van der Waals surface area contributed by atoms with Crippen molar-refractivity contribution in [1.29, 1.82) is 0 Å². The number of phenolic OH excluding ortho intramolecular Hbond substituents is 1. The van der Waals surface area contributed by atoms with Gasteiger partial charge < -0.3 is 15.0 Å². The zero-order valence-corrected chi connectivity index (χ0v) is 11.9. The maximum Gasteiger partial charge on any atom is 0.120 e. The number of aryl methyl sites for hydroxylation is 1.